The number of hydrogen-bond acceptors (Lipinski definition) is 4. The molecule has 1 aromatic rings. The Bertz CT molecular complexity index is 511. The summed E-state index contributed by atoms with van der Waals surface area (Å²) in [6.07, 6.45) is 3.84. The van der Waals surface area contributed by atoms with Gasteiger partial charge in [0.15, 0.2) is 0 Å². The number of benzene rings is 1. The normalized spacial score (nSPS) is 14.7. The summed E-state index contributed by atoms with van der Waals surface area (Å²) in [7, 11) is 0. The maximum absolute atomic E-state index is 12.7. The van der Waals surface area contributed by atoms with Crippen LogP contribution in [-0.4, -0.2) is 47.4 Å². The van der Waals surface area contributed by atoms with Gasteiger partial charge < -0.3 is 10.2 Å². The molecular formula is C17H26N2O2S2. The first-order valence-electron chi connectivity index (χ1n) is 7.63. The van der Waals surface area contributed by atoms with Crippen LogP contribution in [0.4, 0.5) is 5.69 Å². The van der Waals surface area contributed by atoms with Gasteiger partial charge in [-0.1, -0.05) is 18.2 Å². The molecule has 0 aliphatic rings. The Morgan fingerprint density at radius 2 is 1.61 bits per heavy atom. The lowest BCUT2D eigenvalue weighted by Crippen LogP contribution is -2.48. The Morgan fingerprint density at radius 1 is 1.04 bits per heavy atom. The van der Waals surface area contributed by atoms with Gasteiger partial charge in [0.25, 0.3) is 0 Å². The Morgan fingerprint density at radius 3 is 2.13 bits per heavy atom. The number of thioether (sulfide) groups is 2. The third-order valence-electron chi connectivity index (χ3n) is 3.60. The molecule has 0 fully saturated rings. The number of amides is 2. The number of para-hydroxylation sites is 1. The third kappa shape index (κ3) is 6.11. The highest BCUT2D eigenvalue weighted by molar-refractivity contribution is 8.00. The summed E-state index contributed by atoms with van der Waals surface area (Å²) in [6.45, 7) is 6.17. The van der Waals surface area contributed by atoms with Crippen molar-refractivity contribution in [1.29, 1.82) is 0 Å². The molecule has 0 saturated heterocycles. The fourth-order valence-corrected chi connectivity index (χ4v) is 2.65. The molecule has 1 N–H and O–H groups in total. The van der Waals surface area contributed by atoms with Gasteiger partial charge in [0.2, 0.25) is 11.8 Å². The molecule has 6 heteroatoms. The molecule has 2 amide bonds. The summed E-state index contributed by atoms with van der Waals surface area (Å²) in [5, 5.41) is 2.77. The minimum Gasteiger partial charge on any atom is -0.351 e. The van der Waals surface area contributed by atoms with Crippen LogP contribution in [0, 0.1) is 0 Å². The van der Waals surface area contributed by atoms with Gasteiger partial charge in [0.1, 0.15) is 0 Å². The van der Waals surface area contributed by atoms with Crippen LogP contribution < -0.4 is 10.2 Å². The zero-order chi connectivity index (χ0) is 17.4. The topological polar surface area (TPSA) is 49.4 Å². The van der Waals surface area contributed by atoms with Crippen LogP contribution in [0.3, 0.4) is 0 Å². The molecule has 3 atom stereocenters. The highest BCUT2D eigenvalue weighted by Gasteiger charge is 2.24. The molecule has 0 radical (unpaired) electrons. The minimum atomic E-state index is -0.122. The molecule has 4 nitrogen and oxygen atoms in total. The maximum atomic E-state index is 12.7. The number of nitrogens with zero attached hydrogens (tertiary/aromatic N) is 1. The van der Waals surface area contributed by atoms with E-state index in [1.54, 1.807) is 4.90 Å². The van der Waals surface area contributed by atoms with E-state index in [9.17, 15) is 9.59 Å². The second-order valence-corrected chi connectivity index (χ2v) is 7.81. The number of carbonyl (C=O) groups is 2. The average Bonchev–Trinajstić information content (AvgIpc) is 2.58. The predicted octanol–water partition coefficient (Wildman–Crippen LogP) is 3.03. The van der Waals surface area contributed by atoms with Crippen LogP contribution >= 0.6 is 23.5 Å². The highest BCUT2D eigenvalue weighted by atomic mass is 32.2. The smallest absolute Gasteiger partial charge is 0.239 e. The number of nitrogens with one attached hydrogen (secondary N) is 1. The zero-order valence-corrected chi connectivity index (χ0v) is 16.0. The molecule has 0 saturated carbocycles. The van der Waals surface area contributed by atoms with Gasteiger partial charge in [-0.05, 0) is 45.4 Å². The van der Waals surface area contributed by atoms with Crippen LogP contribution in [0.1, 0.15) is 20.8 Å². The first kappa shape index (κ1) is 19.9. The van der Waals surface area contributed by atoms with Crippen molar-refractivity contribution in [2.24, 2.45) is 0 Å². The van der Waals surface area contributed by atoms with Crippen LogP contribution in [0.25, 0.3) is 0 Å². The largest absolute Gasteiger partial charge is 0.351 e. The molecule has 0 aliphatic heterocycles. The number of rotatable bonds is 8. The molecule has 0 aliphatic carbocycles. The lowest BCUT2D eigenvalue weighted by molar-refractivity contribution is -0.121. The van der Waals surface area contributed by atoms with E-state index in [-0.39, 0.29) is 28.4 Å². The summed E-state index contributed by atoms with van der Waals surface area (Å²) in [4.78, 5) is 26.5. The Balaban J connectivity index is 2.85. The predicted molar refractivity (Wildman–Crippen MR) is 102 cm³/mol. The molecule has 3 unspecified atom stereocenters. The average molecular weight is 355 g/mol. The van der Waals surface area contributed by atoms with Crippen molar-refractivity contribution in [3.8, 4) is 0 Å². The van der Waals surface area contributed by atoms with Gasteiger partial charge in [0, 0.05) is 18.3 Å². The summed E-state index contributed by atoms with van der Waals surface area (Å²) in [6, 6.07) is 9.48. The van der Waals surface area contributed by atoms with Crippen molar-refractivity contribution in [2.45, 2.75) is 37.3 Å². The van der Waals surface area contributed by atoms with Crippen LogP contribution in [0.2, 0.25) is 0 Å². The third-order valence-corrected chi connectivity index (χ3v) is 5.43. The van der Waals surface area contributed by atoms with E-state index < -0.39 is 0 Å². The quantitative estimate of drug-likeness (QED) is 0.780. The molecule has 128 valence electrons. The zero-order valence-electron chi connectivity index (χ0n) is 14.4. The van der Waals surface area contributed by atoms with Gasteiger partial charge in [0.05, 0.1) is 10.5 Å². The van der Waals surface area contributed by atoms with Crippen LogP contribution in [0.5, 0.6) is 0 Å². The Labute approximate surface area is 147 Å². The maximum Gasteiger partial charge on any atom is 0.239 e. The van der Waals surface area contributed by atoms with E-state index in [2.05, 4.69) is 5.32 Å². The van der Waals surface area contributed by atoms with E-state index in [0.29, 0.717) is 6.54 Å². The second-order valence-electron chi connectivity index (χ2n) is 5.45. The summed E-state index contributed by atoms with van der Waals surface area (Å²) in [5.74, 6) is 0.0612. The van der Waals surface area contributed by atoms with Crippen molar-refractivity contribution in [3.05, 3.63) is 30.3 Å². The van der Waals surface area contributed by atoms with Gasteiger partial charge in [-0.2, -0.15) is 23.5 Å². The van der Waals surface area contributed by atoms with E-state index in [4.69, 9.17) is 0 Å². The van der Waals surface area contributed by atoms with Gasteiger partial charge in [-0.25, -0.2) is 0 Å². The molecule has 1 aromatic carbocycles. The van der Waals surface area contributed by atoms with Gasteiger partial charge >= 0.3 is 0 Å². The fourth-order valence-electron chi connectivity index (χ4n) is 2.04. The summed E-state index contributed by atoms with van der Waals surface area (Å²) in [5.41, 5.74) is 0.859. The molecular weight excluding hydrogens is 328 g/mol. The van der Waals surface area contributed by atoms with E-state index in [0.717, 1.165) is 5.69 Å². The standard InChI is InChI=1S/C17H26N2O2S2/c1-12(18-16(20)13(2)22-4)11-19(17(21)14(3)23-5)15-9-7-6-8-10-15/h6-10,12-14H,11H2,1-5H3,(H,18,20). The Kier molecular flexibility index (Phi) is 8.55. The molecule has 1 rings (SSSR count). The molecule has 0 heterocycles. The SMILES string of the molecule is CSC(C)C(=O)NC(C)CN(C(=O)C(C)SC)c1ccccc1. The molecule has 0 aromatic heterocycles. The number of anilines is 1. The van der Waals surface area contributed by atoms with Crippen molar-refractivity contribution in [2.75, 3.05) is 24.0 Å². The second kappa shape index (κ2) is 9.88. The highest BCUT2D eigenvalue weighted by Crippen LogP contribution is 2.19. The van der Waals surface area contributed by atoms with Crippen molar-refractivity contribution < 1.29 is 9.59 Å². The van der Waals surface area contributed by atoms with Gasteiger partial charge in [-0.15, -0.1) is 0 Å². The molecule has 0 bridgehead atoms. The first-order chi connectivity index (χ1) is 10.9. The number of hydrogen-bond donors (Lipinski definition) is 1. The molecule has 23 heavy (non-hydrogen) atoms. The lowest BCUT2D eigenvalue weighted by atomic mass is 10.2. The van der Waals surface area contributed by atoms with E-state index >= 15 is 0 Å². The van der Waals surface area contributed by atoms with Crippen molar-refractivity contribution in [1.82, 2.24) is 5.32 Å². The van der Waals surface area contributed by atoms with Crippen molar-refractivity contribution in [3.63, 3.8) is 0 Å². The van der Waals surface area contributed by atoms with E-state index in [1.165, 1.54) is 23.5 Å². The van der Waals surface area contributed by atoms with Crippen LogP contribution in [-0.2, 0) is 9.59 Å². The monoisotopic (exact) mass is 354 g/mol. The summed E-state index contributed by atoms with van der Waals surface area (Å²) < 4.78 is 0. The van der Waals surface area contributed by atoms with Crippen LogP contribution in [0.15, 0.2) is 30.3 Å². The van der Waals surface area contributed by atoms with Gasteiger partial charge in [-0.3, -0.25) is 9.59 Å². The fraction of sp³-hybridized carbons (Fsp3) is 0.529. The number of carbonyl (C=O) groups excluding carboxylic acids is 2. The first-order valence-corrected chi connectivity index (χ1v) is 10.2. The minimum absolute atomic E-state index is 0.00313. The summed E-state index contributed by atoms with van der Waals surface area (Å²) >= 11 is 3.03. The van der Waals surface area contributed by atoms with E-state index in [1.807, 2.05) is 63.6 Å². The molecule has 0 spiro atoms. The lowest BCUT2D eigenvalue weighted by Gasteiger charge is -2.29. The van der Waals surface area contributed by atoms with Crippen molar-refractivity contribution >= 4 is 41.0 Å². The Hall–Kier alpha value is -1.14.